The number of hydrogen-bond donors (Lipinski definition) is 0. The van der Waals surface area contributed by atoms with E-state index in [0.29, 0.717) is 6.42 Å². The monoisotopic (exact) mass is 180 g/mol. The highest BCUT2D eigenvalue weighted by atomic mass is 16.6. The van der Waals surface area contributed by atoms with E-state index < -0.39 is 0 Å². The first kappa shape index (κ1) is 7.84. The maximum absolute atomic E-state index is 11.3. The molecular weight excluding hydrogens is 164 g/mol. The SMILES string of the molecule is CC1(C)C2CC[C@]3(CC(=O)O[C@@H]13)C2. The largest absolute Gasteiger partial charge is 0.461 e. The molecule has 0 aromatic heterocycles. The molecule has 13 heavy (non-hydrogen) atoms. The van der Waals surface area contributed by atoms with Crippen LogP contribution in [0.4, 0.5) is 0 Å². The second kappa shape index (κ2) is 1.94. The van der Waals surface area contributed by atoms with Crippen molar-refractivity contribution in [1.29, 1.82) is 0 Å². The Morgan fingerprint density at radius 3 is 2.92 bits per heavy atom. The van der Waals surface area contributed by atoms with Gasteiger partial charge < -0.3 is 4.74 Å². The molecule has 3 aliphatic rings. The van der Waals surface area contributed by atoms with Gasteiger partial charge >= 0.3 is 5.97 Å². The molecule has 3 atom stereocenters. The summed E-state index contributed by atoms with van der Waals surface area (Å²) in [4.78, 5) is 11.3. The normalized spacial score (nSPS) is 50.8. The number of hydrogen-bond acceptors (Lipinski definition) is 2. The molecule has 0 aromatic carbocycles. The van der Waals surface area contributed by atoms with Gasteiger partial charge in [-0.1, -0.05) is 13.8 Å². The van der Waals surface area contributed by atoms with Gasteiger partial charge in [0.15, 0.2) is 0 Å². The molecule has 72 valence electrons. The van der Waals surface area contributed by atoms with E-state index in [1.54, 1.807) is 0 Å². The molecule has 2 nitrogen and oxygen atoms in total. The van der Waals surface area contributed by atoms with E-state index in [0.717, 1.165) is 5.92 Å². The summed E-state index contributed by atoms with van der Waals surface area (Å²) in [5.41, 5.74) is 0.496. The summed E-state index contributed by atoms with van der Waals surface area (Å²) in [5, 5.41) is 0. The van der Waals surface area contributed by atoms with Crippen LogP contribution in [-0.2, 0) is 9.53 Å². The number of carbonyl (C=O) groups excluding carboxylic acids is 1. The predicted octanol–water partition coefficient (Wildman–Crippen LogP) is 2.13. The number of esters is 1. The Labute approximate surface area is 78.6 Å². The minimum atomic E-state index is 0.0402. The summed E-state index contributed by atoms with van der Waals surface area (Å²) >= 11 is 0. The molecule has 1 heterocycles. The molecule has 0 aromatic rings. The summed E-state index contributed by atoms with van der Waals surface area (Å²) in [6.07, 6.45) is 4.68. The molecule has 3 fully saturated rings. The lowest BCUT2D eigenvalue weighted by Gasteiger charge is -2.37. The number of carbonyl (C=O) groups is 1. The fourth-order valence-electron chi connectivity index (χ4n) is 4.02. The highest BCUT2D eigenvalue weighted by molar-refractivity contribution is 5.73. The molecule has 2 heteroatoms. The smallest absolute Gasteiger partial charge is 0.306 e. The van der Waals surface area contributed by atoms with E-state index in [9.17, 15) is 4.79 Å². The molecule has 1 aliphatic heterocycles. The van der Waals surface area contributed by atoms with Crippen molar-refractivity contribution in [3.63, 3.8) is 0 Å². The first-order chi connectivity index (χ1) is 6.05. The molecule has 2 saturated carbocycles. The van der Waals surface area contributed by atoms with Gasteiger partial charge in [-0.3, -0.25) is 4.79 Å². The van der Waals surface area contributed by atoms with Gasteiger partial charge in [-0.05, 0) is 25.2 Å². The van der Waals surface area contributed by atoms with Crippen LogP contribution < -0.4 is 0 Å². The van der Waals surface area contributed by atoms with Gasteiger partial charge in [-0.25, -0.2) is 0 Å². The van der Waals surface area contributed by atoms with Gasteiger partial charge in [0.2, 0.25) is 0 Å². The summed E-state index contributed by atoms with van der Waals surface area (Å²) in [6, 6.07) is 0. The molecular formula is C11H16O2. The van der Waals surface area contributed by atoms with Crippen molar-refractivity contribution in [3.05, 3.63) is 0 Å². The Hall–Kier alpha value is -0.530. The Morgan fingerprint density at radius 2 is 2.23 bits per heavy atom. The molecule has 1 saturated heterocycles. The van der Waals surface area contributed by atoms with Crippen molar-refractivity contribution in [2.24, 2.45) is 16.7 Å². The van der Waals surface area contributed by atoms with Crippen LogP contribution in [0.3, 0.4) is 0 Å². The van der Waals surface area contributed by atoms with Crippen molar-refractivity contribution < 1.29 is 9.53 Å². The van der Waals surface area contributed by atoms with Crippen LogP contribution >= 0.6 is 0 Å². The Morgan fingerprint density at radius 1 is 1.46 bits per heavy atom. The zero-order chi connectivity index (χ0) is 9.27. The van der Waals surface area contributed by atoms with Crippen LogP contribution in [0.1, 0.15) is 39.5 Å². The third-order valence-corrected chi connectivity index (χ3v) is 4.67. The lowest BCUT2D eigenvalue weighted by Crippen LogP contribution is -2.39. The summed E-state index contributed by atoms with van der Waals surface area (Å²) in [6.45, 7) is 4.53. The average Bonchev–Trinajstić information content (AvgIpc) is 2.61. The Bertz CT molecular complexity index is 282. The molecule has 2 aliphatic carbocycles. The summed E-state index contributed by atoms with van der Waals surface area (Å²) in [7, 11) is 0. The zero-order valence-corrected chi connectivity index (χ0v) is 8.30. The Balaban J connectivity index is 2.06. The van der Waals surface area contributed by atoms with Crippen molar-refractivity contribution in [2.75, 3.05) is 0 Å². The van der Waals surface area contributed by atoms with E-state index >= 15 is 0 Å². The molecule has 0 radical (unpaired) electrons. The van der Waals surface area contributed by atoms with E-state index in [1.165, 1.54) is 19.3 Å². The number of ether oxygens (including phenoxy) is 1. The third kappa shape index (κ3) is 0.733. The zero-order valence-electron chi connectivity index (χ0n) is 8.30. The second-order valence-electron chi connectivity index (χ2n) is 5.67. The van der Waals surface area contributed by atoms with Gasteiger partial charge in [0.1, 0.15) is 6.10 Å². The minimum absolute atomic E-state index is 0.0402. The van der Waals surface area contributed by atoms with Crippen LogP contribution in [0.5, 0.6) is 0 Å². The number of fused-ring (bicyclic) bond motifs is 1. The lowest BCUT2D eigenvalue weighted by molar-refractivity contribution is -0.147. The number of rotatable bonds is 0. The Kier molecular flexibility index (Phi) is 1.17. The van der Waals surface area contributed by atoms with E-state index in [-0.39, 0.29) is 22.9 Å². The van der Waals surface area contributed by atoms with Crippen LogP contribution in [0.2, 0.25) is 0 Å². The summed E-state index contributed by atoms with van der Waals surface area (Å²) < 4.78 is 5.49. The van der Waals surface area contributed by atoms with E-state index in [1.807, 2.05) is 0 Å². The first-order valence-electron chi connectivity index (χ1n) is 5.24. The van der Waals surface area contributed by atoms with E-state index in [4.69, 9.17) is 4.74 Å². The summed E-state index contributed by atoms with van der Waals surface area (Å²) in [5.74, 6) is 0.837. The van der Waals surface area contributed by atoms with Crippen LogP contribution in [0, 0.1) is 16.7 Å². The highest BCUT2D eigenvalue weighted by Crippen LogP contribution is 2.67. The van der Waals surface area contributed by atoms with Crippen LogP contribution in [0.15, 0.2) is 0 Å². The predicted molar refractivity (Wildman–Crippen MR) is 48.1 cm³/mol. The minimum Gasteiger partial charge on any atom is -0.461 e. The van der Waals surface area contributed by atoms with Gasteiger partial charge in [0.05, 0.1) is 6.42 Å². The maximum atomic E-state index is 11.3. The van der Waals surface area contributed by atoms with Crippen molar-refractivity contribution in [1.82, 2.24) is 0 Å². The third-order valence-electron chi connectivity index (χ3n) is 4.67. The van der Waals surface area contributed by atoms with Gasteiger partial charge in [-0.2, -0.15) is 0 Å². The standard InChI is InChI=1S/C11H16O2/c1-10(2)7-3-4-11(5-7)6-8(12)13-9(10)11/h7,9H,3-6H2,1-2H3/t7?,9-,11+/m0/s1. The average molecular weight is 180 g/mol. The van der Waals surface area contributed by atoms with Crippen molar-refractivity contribution >= 4 is 5.97 Å². The fraction of sp³-hybridized carbons (Fsp3) is 0.909. The molecule has 0 amide bonds. The molecule has 1 spiro atoms. The van der Waals surface area contributed by atoms with Gasteiger partial charge in [-0.15, -0.1) is 0 Å². The van der Waals surface area contributed by atoms with Crippen molar-refractivity contribution in [2.45, 2.75) is 45.6 Å². The van der Waals surface area contributed by atoms with Gasteiger partial charge in [0, 0.05) is 10.8 Å². The van der Waals surface area contributed by atoms with E-state index in [2.05, 4.69) is 13.8 Å². The first-order valence-corrected chi connectivity index (χ1v) is 5.24. The van der Waals surface area contributed by atoms with Crippen LogP contribution in [0.25, 0.3) is 0 Å². The molecule has 2 bridgehead atoms. The molecule has 3 rings (SSSR count). The second-order valence-corrected chi connectivity index (χ2v) is 5.67. The highest BCUT2D eigenvalue weighted by Gasteiger charge is 2.67. The quantitative estimate of drug-likeness (QED) is 0.534. The van der Waals surface area contributed by atoms with Crippen LogP contribution in [-0.4, -0.2) is 12.1 Å². The van der Waals surface area contributed by atoms with Crippen molar-refractivity contribution in [3.8, 4) is 0 Å². The fourth-order valence-corrected chi connectivity index (χ4v) is 4.02. The lowest BCUT2D eigenvalue weighted by atomic mass is 9.69. The topological polar surface area (TPSA) is 26.3 Å². The molecule has 1 unspecified atom stereocenters. The maximum Gasteiger partial charge on any atom is 0.306 e. The molecule has 0 N–H and O–H groups in total. The van der Waals surface area contributed by atoms with Gasteiger partial charge in [0.25, 0.3) is 0 Å².